The molecule has 0 aliphatic carbocycles. The summed E-state index contributed by atoms with van der Waals surface area (Å²) in [6.45, 7) is 9.71. The number of H-pyrrole nitrogens is 1. The van der Waals surface area contributed by atoms with Gasteiger partial charge in [0.1, 0.15) is 0 Å². The molecule has 1 aromatic heterocycles. The van der Waals surface area contributed by atoms with Gasteiger partial charge in [-0.15, -0.1) is 0 Å². The van der Waals surface area contributed by atoms with Crippen molar-refractivity contribution in [2.75, 3.05) is 6.54 Å². The minimum absolute atomic E-state index is 0.133. The summed E-state index contributed by atoms with van der Waals surface area (Å²) in [5, 5.41) is 3.66. The summed E-state index contributed by atoms with van der Waals surface area (Å²) >= 11 is 0. The first-order valence-corrected chi connectivity index (χ1v) is 9.00. The monoisotopic (exact) mass is 368 g/mol. The molecule has 2 N–H and O–H groups in total. The number of carbonyl (C=O) groups excluding carboxylic acids is 2. The number of hydrogen-bond donors (Lipinski definition) is 2. The lowest BCUT2D eigenvalue weighted by Crippen LogP contribution is -2.41. The molecule has 0 unspecified atom stereocenters. The highest BCUT2D eigenvalue weighted by atomic mass is 16.7. The van der Waals surface area contributed by atoms with E-state index in [-0.39, 0.29) is 5.91 Å². The Balaban J connectivity index is 2.05. The molecule has 1 amide bonds. The van der Waals surface area contributed by atoms with Crippen molar-refractivity contribution < 1.29 is 18.9 Å². The Morgan fingerprint density at radius 2 is 1.85 bits per heavy atom. The van der Waals surface area contributed by atoms with Crippen molar-refractivity contribution >= 4 is 36.3 Å². The first kappa shape index (κ1) is 19.4. The summed E-state index contributed by atoms with van der Waals surface area (Å²) in [7, 11) is -0.587. The lowest BCUT2D eigenvalue weighted by atomic mass is 9.76. The highest BCUT2D eigenvalue weighted by Gasteiger charge is 2.52. The first-order chi connectivity index (χ1) is 12.6. The van der Waals surface area contributed by atoms with E-state index in [1.54, 1.807) is 6.20 Å². The summed E-state index contributed by atoms with van der Waals surface area (Å²) < 4.78 is 12.3. The number of amides is 1. The lowest BCUT2D eigenvalue weighted by Gasteiger charge is -2.32. The van der Waals surface area contributed by atoms with Gasteiger partial charge in [-0.2, -0.15) is 0 Å². The summed E-state index contributed by atoms with van der Waals surface area (Å²) in [4.78, 5) is 26.0. The molecule has 2 aromatic rings. The fraction of sp³-hybridized carbons (Fsp3) is 0.400. The third-order valence-electron chi connectivity index (χ3n) is 5.33. The second-order valence-electron chi connectivity index (χ2n) is 7.85. The predicted octanol–water partition coefficient (Wildman–Crippen LogP) is 3.13. The Morgan fingerprint density at radius 3 is 2.44 bits per heavy atom. The zero-order valence-corrected chi connectivity index (χ0v) is 16.4. The molecule has 0 bridgehead atoms. The third-order valence-corrected chi connectivity index (χ3v) is 5.33. The van der Waals surface area contributed by atoms with Crippen LogP contribution >= 0.6 is 0 Å². The molecule has 1 aromatic carbocycles. The molecule has 142 valence electrons. The molecule has 0 saturated carbocycles. The van der Waals surface area contributed by atoms with Gasteiger partial charge < -0.3 is 19.6 Å². The average Bonchev–Trinajstić information content (AvgIpc) is 3.09. The van der Waals surface area contributed by atoms with Gasteiger partial charge in [-0.05, 0) is 44.8 Å². The number of aromatic nitrogens is 1. The van der Waals surface area contributed by atoms with Gasteiger partial charge in [0.05, 0.1) is 11.2 Å². The summed E-state index contributed by atoms with van der Waals surface area (Å²) in [5.74, 6) is -0.133. The maximum atomic E-state index is 11.5. The van der Waals surface area contributed by atoms with Gasteiger partial charge in [0.15, 0.2) is 6.29 Å². The van der Waals surface area contributed by atoms with Gasteiger partial charge in [0.25, 0.3) is 0 Å². The Hall–Kier alpha value is -2.38. The minimum atomic E-state index is -0.587. The number of aromatic amines is 1. The molecular weight excluding hydrogens is 343 g/mol. The van der Waals surface area contributed by atoms with E-state index in [9.17, 15) is 9.59 Å². The molecule has 0 atom stereocenters. The van der Waals surface area contributed by atoms with E-state index in [1.807, 2.05) is 52.0 Å². The number of rotatable bonds is 5. The van der Waals surface area contributed by atoms with Gasteiger partial charge >= 0.3 is 7.12 Å². The Labute approximate surface area is 159 Å². The SMILES string of the molecule is CC(=O)NCC(=Cc1cccc2[nH]cc(C=O)c12)B1OC(C)(C)C(C)(C)O1. The van der Waals surface area contributed by atoms with Gasteiger partial charge in [0.2, 0.25) is 5.91 Å². The van der Waals surface area contributed by atoms with Crippen molar-refractivity contribution in [3.8, 4) is 0 Å². The van der Waals surface area contributed by atoms with Crippen molar-refractivity contribution in [2.24, 2.45) is 0 Å². The highest BCUT2D eigenvalue weighted by Crippen LogP contribution is 2.39. The first-order valence-electron chi connectivity index (χ1n) is 9.00. The van der Waals surface area contributed by atoms with Crippen LogP contribution in [0.25, 0.3) is 17.0 Å². The molecule has 7 heteroatoms. The third kappa shape index (κ3) is 3.70. The molecule has 1 aliphatic heterocycles. The van der Waals surface area contributed by atoms with Crippen LogP contribution in [0.1, 0.15) is 50.5 Å². The van der Waals surface area contributed by atoms with E-state index >= 15 is 0 Å². The topological polar surface area (TPSA) is 80.4 Å². The van der Waals surface area contributed by atoms with Gasteiger partial charge in [-0.25, -0.2) is 0 Å². The number of benzene rings is 1. The van der Waals surface area contributed by atoms with E-state index in [1.165, 1.54) is 6.92 Å². The maximum absolute atomic E-state index is 11.5. The molecule has 0 radical (unpaired) electrons. The van der Waals surface area contributed by atoms with Crippen LogP contribution < -0.4 is 5.32 Å². The summed E-state index contributed by atoms with van der Waals surface area (Å²) in [6.07, 6.45) is 4.46. The second kappa shape index (κ2) is 6.98. The molecule has 1 fully saturated rings. The predicted molar refractivity (Wildman–Crippen MR) is 106 cm³/mol. The van der Waals surface area contributed by atoms with Crippen molar-refractivity contribution in [1.82, 2.24) is 10.3 Å². The van der Waals surface area contributed by atoms with Crippen LogP contribution in [0.4, 0.5) is 0 Å². The molecule has 6 nitrogen and oxygen atoms in total. The quantitative estimate of drug-likeness (QED) is 0.628. The van der Waals surface area contributed by atoms with E-state index in [0.717, 1.165) is 28.2 Å². The number of aldehydes is 1. The van der Waals surface area contributed by atoms with Crippen molar-refractivity contribution in [3.63, 3.8) is 0 Å². The summed E-state index contributed by atoms with van der Waals surface area (Å²) in [6, 6.07) is 5.77. The van der Waals surface area contributed by atoms with Crippen LogP contribution in [0.15, 0.2) is 29.9 Å². The van der Waals surface area contributed by atoms with Crippen LogP contribution in [0.5, 0.6) is 0 Å². The standard InChI is InChI=1S/C20H25BN2O4/c1-13(25)22-11-16(21-26-19(2,3)20(4,5)27-21)9-14-7-6-8-17-18(14)15(12-24)10-23-17/h6-10,12,23H,11H2,1-5H3,(H,22,25). The summed E-state index contributed by atoms with van der Waals surface area (Å²) in [5.41, 5.74) is 2.14. The number of hydrogen-bond acceptors (Lipinski definition) is 4. The molecule has 1 saturated heterocycles. The lowest BCUT2D eigenvalue weighted by molar-refractivity contribution is -0.118. The van der Waals surface area contributed by atoms with Crippen LogP contribution in [-0.2, 0) is 14.1 Å². The van der Waals surface area contributed by atoms with Crippen LogP contribution in [-0.4, -0.2) is 42.0 Å². The number of nitrogens with one attached hydrogen (secondary N) is 2. The van der Waals surface area contributed by atoms with E-state index in [4.69, 9.17) is 9.31 Å². The molecular formula is C20H25BN2O4. The molecule has 2 heterocycles. The maximum Gasteiger partial charge on any atom is 0.492 e. The second-order valence-corrected chi connectivity index (χ2v) is 7.85. The minimum Gasteiger partial charge on any atom is -0.400 e. The molecule has 0 spiro atoms. The van der Waals surface area contributed by atoms with Crippen molar-refractivity contribution in [1.29, 1.82) is 0 Å². The normalized spacial score (nSPS) is 18.7. The van der Waals surface area contributed by atoms with Crippen LogP contribution in [0, 0.1) is 0 Å². The van der Waals surface area contributed by atoms with Gasteiger partial charge in [0, 0.05) is 36.1 Å². The van der Waals surface area contributed by atoms with Gasteiger partial charge in [-0.3, -0.25) is 9.59 Å². The smallest absolute Gasteiger partial charge is 0.400 e. The van der Waals surface area contributed by atoms with E-state index in [2.05, 4.69) is 10.3 Å². The average molecular weight is 368 g/mol. The van der Waals surface area contributed by atoms with Crippen LogP contribution in [0.2, 0.25) is 0 Å². The molecule has 1 aliphatic rings. The number of fused-ring (bicyclic) bond motifs is 1. The molecule has 3 rings (SSSR count). The van der Waals surface area contributed by atoms with E-state index < -0.39 is 18.3 Å². The number of carbonyl (C=O) groups is 2. The van der Waals surface area contributed by atoms with Gasteiger partial charge in [-0.1, -0.05) is 18.2 Å². The largest absolute Gasteiger partial charge is 0.492 e. The Bertz CT molecular complexity index is 898. The van der Waals surface area contributed by atoms with Crippen molar-refractivity contribution in [2.45, 2.75) is 45.8 Å². The Morgan fingerprint density at radius 1 is 1.19 bits per heavy atom. The Kier molecular flexibility index (Phi) is 5.01. The van der Waals surface area contributed by atoms with E-state index in [0.29, 0.717) is 12.1 Å². The molecule has 27 heavy (non-hydrogen) atoms. The van der Waals surface area contributed by atoms with Crippen molar-refractivity contribution in [3.05, 3.63) is 41.0 Å². The fourth-order valence-electron chi connectivity index (χ4n) is 3.08. The van der Waals surface area contributed by atoms with Crippen LogP contribution in [0.3, 0.4) is 0 Å². The zero-order valence-electron chi connectivity index (χ0n) is 16.4. The highest BCUT2D eigenvalue weighted by molar-refractivity contribution is 6.56. The fourth-order valence-corrected chi connectivity index (χ4v) is 3.08. The zero-order chi connectivity index (χ0) is 19.8.